The summed E-state index contributed by atoms with van der Waals surface area (Å²) in [5.41, 5.74) is 0.611. The smallest absolute Gasteiger partial charge is 0.254 e. The van der Waals surface area contributed by atoms with Crippen LogP contribution in [0.3, 0.4) is 0 Å². The van der Waals surface area contributed by atoms with Crippen LogP contribution in [0.4, 0.5) is 0 Å². The second-order valence-corrected chi connectivity index (χ2v) is 3.39. The number of nitrogens with zero attached hydrogens (tertiary/aromatic N) is 1. The second-order valence-electron chi connectivity index (χ2n) is 3.39. The highest BCUT2D eigenvalue weighted by atomic mass is 16.2. The van der Waals surface area contributed by atoms with Gasteiger partial charge in [-0.2, -0.15) is 0 Å². The van der Waals surface area contributed by atoms with Crippen molar-refractivity contribution in [1.82, 2.24) is 4.90 Å². The molecular formula is C12H15NO2. The molecule has 0 fully saturated rings. The van der Waals surface area contributed by atoms with Crippen LogP contribution in [0.25, 0.3) is 0 Å². The predicted octanol–water partition coefficient (Wildman–Crippen LogP) is 1.74. The number of benzene rings is 1. The van der Waals surface area contributed by atoms with Crippen molar-refractivity contribution in [1.29, 1.82) is 0 Å². The van der Waals surface area contributed by atoms with Gasteiger partial charge >= 0.3 is 0 Å². The number of carbonyl (C=O) groups is 2. The first-order valence-corrected chi connectivity index (χ1v) is 4.98. The third kappa shape index (κ3) is 2.65. The van der Waals surface area contributed by atoms with Gasteiger partial charge in [0.25, 0.3) is 5.91 Å². The quantitative estimate of drug-likeness (QED) is 0.702. The van der Waals surface area contributed by atoms with Crippen LogP contribution in [0, 0.1) is 0 Å². The summed E-state index contributed by atoms with van der Waals surface area (Å²) >= 11 is 0. The zero-order valence-corrected chi connectivity index (χ0v) is 9.01. The maximum atomic E-state index is 11.9. The maximum Gasteiger partial charge on any atom is 0.254 e. The Morgan fingerprint density at radius 1 is 1.40 bits per heavy atom. The number of carbonyl (C=O) groups excluding carboxylic acids is 2. The van der Waals surface area contributed by atoms with Crippen molar-refractivity contribution < 1.29 is 9.59 Å². The van der Waals surface area contributed by atoms with E-state index in [-0.39, 0.29) is 11.9 Å². The Balaban J connectivity index is 2.81. The van der Waals surface area contributed by atoms with Crippen molar-refractivity contribution in [3.8, 4) is 0 Å². The number of amides is 1. The molecule has 3 nitrogen and oxygen atoms in total. The van der Waals surface area contributed by atoms with E-state index < -0.39 is 0 Å². The minimum Gasteiger partial charge on any atom is -0.332 e. The fraction of sp³-hybridized carbons (Fsp3) is 0.333. The molecule has 0 spiro atoms. The first-order chi connectivity index (χ1) is 7.20. The number of hydrogen-bond donors (Lipinski definition) is 0. The molecule has 80 valence electrons. The third-order valence-electron chi connectivity index (χ3n) is 2.41. The number of likely N-dealkylation sites (N-methyl/N-ethyl adjacent to an activating group) is 1. The minimum absolute atomic E-state index is 0.116. The largest absolute Gasteiger partial charge is 0.332 e. The zero-order chi connectivity index (χ0) is 11.3. The summed E-state index contributed by atoms with van der Waals surface area (Å²) < 4.78 is 0. The lowest BCUT2D eigenvalue weighted by atomic mass is 10.1. The van der Waals surface area contributed by atoms with E-state index in [9.17, 15) is 9.59 Å². The van der Waals surface area contributed by atoms with E-state index in [2.05, 4.69) is 0 Å². The van der Waals surface area contributed by atoms with Gasteiger partial charge in [-0.25, -0.2) is 0 Å². The Kier molecular flexibility index (Phi) is 4.03. The summed E-state index contributed by atoms with van der Waals surface area (Å²) in [6.45, 7) is 1.88. The van der Waals surface area contributed by atoms with Crippen LogP contribution in [0.1, 0.15) is 23.7 Å². The molecule has 0 bridgehead atoms. The van der Waals surface area contributed by atoms with Gasteiger partial charge in [-0.1, -0.05) is 25.1 Å². The molecule has 15 heavy (non-hydrogen) atoms. The van der Waals surface area contributed by atoms with Crippen LogP contribution in [0.15, 0.2) is 30.3 Å². The summed E-state index contributed by atoms with van der Waals surface area (Å²) in [7, 11) is 1.65. The van der Waals surface area contributed by atoms with Gasteiger partial charge in [0.2, 0.25) is 0 Å². The van der Waals surface area contributed by atoms with Gasteiger partial charge < -0.3 is 9.69 Å². The second kappa shape index (κ2) is 5.29. The van der Waals surface area contributed by atoms with Crippen molar-refractivity contribution in [2.75, 3.05) is 7.05 Å². The van der Waals surface area contributed by atoms with E-state index in [4.69, 9.17) is 0 Å². The Labute approximate surface area is 89.7 Å². The topological polar surface area (TPSA) is 37.4 Å². The molecule has 1 unspecified atom stereocenters. The van der Waals surface area contributed by atoms with Crippen LogP contribution in [-0.4, -0.2) is 30.2 Å². The van der Waals surface area contributed by atoms with E-state index in [0.717, 1.165) is 6.29 Å². The first-order valence-electron chi connectivity index (χ1n) is 4.98. The highest BCUT2D eigenvalue weighted by Gasteiger charge is 2.18. The lowest BCUT2D eigenvalue weighted by Gasteiger charge is -2.22. The molecule has 3 heteroatoms. The molecule has 1 atom stereocenters. The van der Waals surface area contributed by atoms with Crippen LogP contribution in [0.2, 0.25) is 0 Å². The Bertz CT molecular complexity index is 335. The number of hydrogen-bond acceptors (Lipinski definition) is 2. The molecule has 0 aliphatic carbocycles. The summed E-state index contributed by atoms with van der Waals surface area (Å²) in [4.78, 5) is 24.1. The summed E-state index contributed by atoms with van der Waals surface area (Å²) in [6.07, 6.45) is 1.44. The highest BCUT2D eigenvalue weighted by Crippen LogP contribution is 2.07. The van der Waals surface area contributed by atoms with E-state index in [0.29, 0.717) is 12.0 Å². The molecule has 1 aromatic rings. The van der Waals surface area contributed by atoms with E-state index in [1.54, 1.807) is 19.2 Å². The predicted molar refractivity (Wildman–Crippen MR) is 58.7 cm³/mol. The molecule has 1 rings (SSSR count). The van der Waals surface area contributed by atoms with Gasteiger partial charge in [0, 0.05) is 12.6 Å². The Morgan fingerprint density at radius 2 is 2.00 bits per heavy atom. The van der Waals surface area contributed by atoms with Gasteiger partial charge in [0.1, 0.15) is 6.29 Å². The summed E-state index contributed by atoms with van der Waals surface area (Å²) in [5, 5.41) is 0. The van der Waals surface area contributed by atoms with Gasteiger partial charge in [-0.15, -0.1) is 0 Å². The fourth-order valence-corrected chi connectivity index (χ4v) is 1.40. The van der Waals surface area contributed by atoms with Crippen LogP contribution >= 0.6 is 0 Å². The van der Waals surface area contributed by atoms with Gasteiger partial charge in [-0.05, 0) is 18.6 Å². The van der Waals surface area contributed by atoms with Crippen molar-refractivity contribution in [3.05, 3.63) is 35.9 Å². The monoisotopic (exact) mass is 205 g/mol. The molecule has 0 heterocycles. The van der Waals surface area contributed by atoms with Gasteiger partial charge in [0.05, 0.1) is 6.04 Å². The average Bonchev–Trinajstić information content (AvgIpc) is 2.30. The van der Waals surface area contributed by atoms with Gasteiger partial charge in [0.15, 0.2) is 0 Å². The molecule has 0 aliphatic heterocycles. The van der Waals surface area contributed by atoms with Crippen LogP contribution in [0.5, 0.6) is 0 Å². The lowest BCUT2D eigenvalue weighted by Crippen LogP contribution is -2.37. The average molecular weight is 205 g/mol. The first kappa shape index (κ1) is 11.4. The van der Waals surface area contributed by atoms with Crippen molar-refractivity contribution >= 4 is 12.2 Å². The normalized spacial score (nSPS) is 11.9. The standard InChI is InChI=1S/C12H15NO2/c1-3-11(9-14)13(2)12(15)10-7-5-4-6-8-10/h4-9,11H,3H2,1-2H3. The molecule has 0 aliphatic rings. The zero-order valence-electron chi connectivity index (χ0n) is 9.01. The van der Waals surface area contributed by atoms with Crippen LogP contribution < -0.4 is 0 Å². The van der Waals surface area contributed by atoms with Crippen LogP contribution in [-0.2, 0) is 4.79 Å². The maximum absolute atomic E-state index is 11.9. The highest BCUT2D eigenvalue weighted by molar-refractivity contribution is 5.95. The molecule has 1 aromatic carbocycles. The molecule has 0 radical (unpaired) electrons. The third-order valence-corrected chi connectivity index (χ3v) is 2.41. The Hall–Kier alpha value is -1.64. The lowest BCUT2D eigenvalue weighted by molar-refractivity contribution is -0.111. The fourth-order valence-electron chi connectivity index (χ4n) is 1.40. The minimum atomic E-state index is -0.335. The van der Waals surface area contributed by atoms with E-state index in [1.807, 2.05) is 25.1 Å². The molecule has 0 saturated carbocycles. The van der Waals surface area contributed by atoms with E-state index >= 15 is 0 Å². The molecule has 0 aromatic heterocycles. The van der Waals surface area contributed by atoms with Crippen molar-refractivity contribution in [2.45, 2.75) is 19.4 Å². The van der Waals surface area contributed by atoms with E-state index in [1.165, 1.54) is 4.90 Å². The van der Waals surface area contributed by atoms with Crippen molar-refractivity contribution in [3.63, 3.8) is 0 Å². The molecule has 0 N–H and O–H groups in total. The summed E-state index contributed by atoms with van der Waals surface area (Å²) in [6, 6.07) is 8.63. The number of aldehydes is 1. The van der Waals surface area contributed by atoms with Crippen molar-refractivity contribution in [2.24, 2.45) is 0 Å². The number of rotatable bonds is 4. The molecule has 0 saturated heterocycles. The molecular weight excluding hydrogens is 190 g/mol. The summed E-state index contributed by atoms with van der Waals surface area (Å²) in [5.74, 6) is -0.116. The SMILES string of the molecule is CCC(C=O)N(C)C(=O)c1ccccc1. The van der Waals surface area contributed by atoms with Gasteiger partial charge in [-0.3, -0.25) is 4.79 Å². The molecule has 1 amide bonds. The Morgan fingerprint density at radius 3 is 2.47 bits per heavy atom.